The third-order valence-electron chi connectivity index (χ3n) is 3.08. The molecule has 6 heteroatoms. The molecule has 22 heavy (non-hydrogen) atoms. The summed E-state index contributed by atoms with van der Waals surface area (Å²) in [6, 6.07) is 7.91. The quantitative estimate of drug-likeness (QED) is 0.797. The molecule has 0 aliphatic carbocycles. The zero-order valence-electron chi connectivity index (χ0n) is 13.1. The van der Waals surface area contributed by atoms with E-state index in [-0.39, 0.29) is 12.0 Å². The normalized spacial score (nSPS) is 10.9. The van der Waals surface area contributed by atoms with Gasteiger partial charge in [-0.2, -0.15) is 0 Å². The minimum Gasteiger partial charge on any atom is -0.379 e. The van der Waals surface area contributed by atoms with Gasteiger partial charge in [0.05, 0.1) is 6.10 Å². The fourth-order valence-corrected chi connectivity index (χ4v) is 2.52. The van der Waals surface area contributed by atoms with Crippen molar-refractivity contribution in [2.75, 3.05) is 13.2 Å². The Morgan fingerprint density at radius 2 is 2.05 bits per heavy atom. The van der Waals surface area contributed by atoms with E-state index in [0.29, 0.717) is 23.7 Å². The first-order valence-corrected chi connectivity index (χ1v) is 8.14. The van der Waals surface area contributed by atoms with Gasteiger partial charge in [-0.3, -0.25) is 4.79 Å². The molecule has 5 nitrogen and oxygen atoms in total. The highest BCUT2D eigenvalue weighted by atomic mass is 32.1. The molecule has 2 rings (SSSR count). The molecule has 0 unspecified atom stereocenters. The maximum Gasteiger partial charge on any atom is 0.265 e. The molecule has 118 valence electrons. The Hall–Kier alpha value is -1.79. The van der Waals surface area contributed by atoms with E-state index in [9.17, 15) is 4.79 Å². The molecule has 0 bridgehead atoms. The summed E-state index contributed by atoms with van der Waals surface area (Å²) in [6.45, 7) is 7.24. The van der Waals surface area contributed by atoms with Crippen molar-refractivity contribution in [3.05, 3.63) is 34.7 Å². The van der Waals surface area contributed by atoms with Crippen molar-refractivity contribution >= 4 is 17.4 Å². The van der Waals surface area contributed by atoms with Gasteiger partial charge in [0.25, 0.3) is 5.91 Å². The molecular weight excluding hydrogens is 298 g/mol. The van der Waals surface area contributed by atoms with E-state index < -0.39 is 0 Å². The molecule has 0 atom stereocenters. The summed E-state index contributed by atoms with van der Waals surface area (Å²) in [5.74, 6) is -0.130. The lowest BCUT2D eigenvalue weighted by atomic mass is 10.1. The minimum atomic E-state index is -0.130. The van der Waals surface area contributed by atoms with Gasteiger partial charge in [-0.25, -0.2) is 0 Å². The second kappa shape index (κ2) is 8.00. The van der Waals surface area contributed by atoms with Gasteiger partial charge in [-0.15, -0.1) is 5.10 Å². The summed E-state index contributed by atoms with van der Waals surface area (Å²) in [5, 5.41) is 6.98. The average Bonchev–Trinajstić information content (AvgIpc) is 2.96. The van der Waals surface area contributed by atoms with Gasteiger partial charge in [0.15, 0.2) is 0 Å². The first-order valence-electron chi connectivity index (χ1n) is 7.37. The van der Waals surface area contributed by atoms with Crippen LogP contribution in [0, 0.1) is 6.92 Å². The Bertz CT molecular complexity index is 608. The fourth-order valence-electron chi connectivity index (χ4n) is 1.91. The maximum atomic E-state index is 12.2. The highest BCUT2D eigenvalue weighted by Crippen LogP contribution is 2.24. The monoisotopic (exact) mass is 319 g/mol. The van der Waals surface area contributed by atoms with Crippen molar-refractivity contribution in [2.24, 2.45) is 0 Å². The number of hydrogen-bond acceptors (Lipinski definition) is 5. The van der Waals surface area contributed by atoms with Crippen molar-refractivity contribution in [2.45, 2.75) is 33.3 Å². The van der Waals surface area contributed by atoms with Crippen molar-refractivity contribution in [1.82, 2.24) is 14.9 Å². The highest BCUT2D eigenvalue weighted by Gasteiger charge is 2.17. The van der Waals surface area contributed by atoms with Crippen LogP contribution in [0.3, 0.4) is 0 Å². The number of aromatic nitrogens is 2. The van der Waals surface area contributed by atoms with Crippen LogP contribution in [0.25, 0.3) is 11.3 Å². The zero-order valence-corrected chi connectivity index (χ0v) is 13.9. The van der Waals surface area contributed by atoms with Crippen molar-refractivity contribution in [3.63, 3.8) is 0 Å². The van der Waals surface area contributed by atoms with Crippen LogP contribution < -0.4 is 5.32 Å². The predicted molar refractivity (Wildman–Crippen MR) is 88.1 cm³/mol. The molecule has 0 aliphatic rings. The van der Waals surface area contributed by atoms with E-state index in [1.807, 2.05) is 45.0 Å². The third-order valence-corrected chi connectivity index (χ3v) is 3.80. The highest BCUT2D eigenvalue weighted by molar-refractivity contribution is 7.08. The minimum absolute atomic E-state index is 0.130. The van der Waals surface area contributed by atoms with Gasteiger partial charge in [-0.1, -0.05) is 34.3 Å². The summed E-state index contributed by atoms with van der Waals surface area (Å²) in [4.78, 5) is 12.8. The van der Waals surface area contributed by atoms with E-state index in [2.05, 4.69) is 14.9 Å². The van der Waals surface area contributed by atoms with Crippen molar-refractivity contribution in [1.29, 1.82) is 0 Å². The molecular formula is C16H21N3O2S. The van der Waals surface area contributed by atoms with E-state index in [4.69, 9.17) is 4.74 Å². The summed E-state index contributed by atoms with van der Waals surface area (Å²) < 4.78 is 9.36. The van der Waals surface area contributed by atoms with E-state index in [1.54, 1.807) is 0 Å². The molecule has 1 aromatic heterocycles. The number of ether oxygens (including phenoxy) is 1. The van der Waals surface area contributed by atoms with Crippen LogP contribution in [0.5, 0.6) is 0 Å². The van der Waals surface area contributed by atoms with Crippen molar-refractivity contribution < 1.29 is 9.53 Å². The number of nitrogens with zero attached hydrogens (tertiary/aromatic N) is 2. The lowest BCUT2D eigenvalue weighted by Crippen LogP contribution is -2.25. The number of carbonyl (C=O) groups is 1. The number of amides is 1. The predicted octanol–water partition coefficient (Wildman–Crippen LogP) is 3.06. The van der Waals surface area contributed by atoms with Gasteiger partial charge >= 0.3 is 0 Å². The van der Waals surface area contributed by atoms with Crippen LogP contribution in [0.15, 0.2) is 24.3 Å². The topological polar surface area (TPSA) is 64.1 Å². The molecule has 1 heterocycles. The van der Waals surface area contributed by atoms with Gasteiger partial charge in [-0.05, 0) is 38.7 Å². The molecule has 1 amide bonds. The molecule has 1 aromatic carbocycles. The Labute approximate surface area is 134 Å². The summed E-state index contributed by atoms with van der Waals surface area (Å²) >= 11 is 1.12. The van der Waals surface area contributed by atoms with Crippen LogP contribution in [-0.2, 0) is 4.74 Å². The number of hydrogen-bond donors (Lipinski definition) is 1. The third kappa shape index (κ3) is 4.61. The molecule has 0 saturated heterocycles. The summed E-state index contributed by atoms with van der Waals surface area (Å²) in [5.41, 5.74) is 2.72. The van der Waals surface area contributed by atoms with Crippen LogP contribution in [-0.4, -0.2) is 34.7 Å². The van der Waals surface area contributed by atoms with Crippen LogP contribution in [0.1, 0.15) is 35.5 Å². The summed E-state index contributed by atoms with van der Waals surface area (Å²) in [7, 11) is 0. The number of carbonyl (C=O) groups excluding carboxylic acids is 1. The van der Waals surface area contributed by atoms with Crippen LogP contribution in [0.2, 0.25) is 0 Å². The van der Waals surface area contributed by atoms with Crippen LogP contribution >= 0.6 is 11.5 Å². The van der Waals surface area contributed by atoms with Crippen molar-refractivity contribution in [3.8, 4) is 11.3 Å². The maximum absolute atomic E-state index is 12.2. The molecule has 0 fully saturated rings. The Morgan fingerprint density at radius 3 is 2.73 bits per heavy atom. The Kier molecular flexibility index (Phi) is 6.03. The van der Waals surface area contributed by atoms with Crippen LogP contribution in [0.4, 0.5) is 0 Å². The lowest BCUT2D eigenvalue weighted by Gasteiger charge is -2.08. The molecule has 0 saturated carbocycles. The smallest absolute Gasteiger partial charge is 0.265 e. The lowest BCUT2D eigenvalue weighted by molar-refractivity contribution is 0.0757. The molecule has 0 spiro atoms. The fraction of sp³-hybridized carbons (Fsp3) is 0.438. The first kappa shape index (κ1) is 16.6. The molecule has 0 aliphatic heterocycles. The summed E-state index contributed by atoms with van der Waals surface area (Å²) in [6.07, 6.45) is 1.00. The van der Waals surface area contributed by atoms with Gasteiger partial charge in [0, 0.05) is 18.7 Å². The molecule has 2 aromatic rings. The first-order chi connectivity index (χ1) is 10.6. The number of aryl methyl sites for hydroxylation is 1. The second-order valence-electron chi connectivity index (χ2n) is 5.35. The Balaban J connectivity index is 1.94. The number of benzene rings is 1. The van der Waals surface area contributed by atoms with Gasteiger partial charge in [0.2, 0.25) is 0 Å². The van der Waals surface area contributed by atoms with Gasteiger partial charge in [0.1, 0.15) is 10.6 Å². The van der Waals surface area contributed by atoms with E-state index in [0.717, 1.165) is 23.5 Å². The standard InChI is InChI=1S/C16H21N3O2S/c1-11(2)21-10-4-9-17-16(20)15-14(18-19-22-15)13-7-5-12(3)6-8-13/h5-8,11H,4,9-10H2,1-3H3,(H,17,20). The Morgan fingerprint density at radius 1 is 1.32 bits per heavy atom. The van der Waals surface area contributed by atoms with E-state index >= 15 is 0 Å². The molecule has 0 radical (unpaired) electrons. The average molecular weight is 319 g/mol. The number of rotatable bonds is 7. The zero-order chi connectivity index (χ0) is 15.9. The molecule has 1 N–H and O–H groups in total. The SMILES string of the molecule is Cc1ccc(-c2nnsc2C(=O)NCCCOC(C)C)cc1. The second-order valence-corrected chi connectivity index (χ2v) is 6.10. The van der Waals surface area contributed by atoms with E-state index in [1.165, 1.54) is 5.56 Å². The number of nitrogens with one attached hydrogen (secondary N) is 1. The largest absolute Gasteiger partial charge is 0.379 e. The van der Waals surface area contributed by atoms with Gasteiger partial charge < -0.3 is 10.1 Å².